The molecular weight excluding hydrogens is 197 g/mol. The number of carbonyl (C=O) groups excluding carboxylic acids is 1. The van der Waals surface area contributed by atoms with Gasteiger partial charge >= 0.3 is 6.18 Å². The summed E-state index contributed by atoms with van der Waals surface area (Å²) in [5.74, 6) is 0.163. The van der Waals surface area contributed by atoms with E-state index < -0.39 is 19.4 Å². The molecular formula is C9H13F3O2. The number of halogens is 3. The van der Waals surface area contributed by atoms with E-state index in [0.29, 0.717) is 12.3 Å². The molecule has 0 N–H and O–H groups in total. The summed E-state index contributed by atoms with van der Waals surface area (Å²) in [5, 5.41) is 0. The highest BCUT2D eigenvalue weighted by Crippen LogP contribution is 2.29. The van der Waals surface area contributed by atoms with Crippen LogP contribution in [-0.2, 0) is 9.53 Å². The molecule has 0 unspecified atom stereocenters. The van der Waals surface area contributed by atoms with Crippen molar-refractivity contribution in [3.05, 3.63) is 0 Å². The molecule has 1 aliphatic carbocycles. The van der Waals surface area contributed by atoms with Gasteiger partial charge in [-0.1, -0.05) is 19.3 Å². The Bertz CT molecular complexity index is 197. The van der Waals surface area contributed by atoms with Crippen molar-refractivity contribution >= 4 is 5.78 Å². The molecule has 0 amide bonds. The fourth-order valence-electron chi connectivity index (χ4n) is 1.36. The highest BCUT2D eigenvalue weighted by Gasteiger charge is 2.28. The minimum atomic E-state index is -4.34. The first-order valence-electron chi connectivity index (χ1n) is 4.63. The topological polar surface area (TPSA) is 26.3 Å². The average Bonchev–Trinajstić information content (AvgIpc) is 1.94. The van der Waals surface area contributed by atoms with Crippen LogP contribution in [0.4, 0.5) is 13.2 Å². The van der Waals surface area contributed by atoms with Crippen molar-refractivity contribution < 1.29 is 22.7 Å². The lowest BCUT2D eigenvalue weighted by atomic mass is 9.82. The van der Waals surface area contributed by atoms with E-state index >= 15 is 0 Å². The number of alkyl halides is 3. The molecule has 0 aromatic carbocycles. The van der Waals surface area contributed by atoms with Gasteiger partial charge in [0.2, 0.25) is 0 Å². The molecule has 1 rings (SSSR count). The molecule has 0 spiro atoms. The quantitative estimate of drug-likeness (QED) is 0.696. The standard InChI is InChI=1S/C9H13F3O2/c10-9(11,12)6-14-5-8(13)4-7-2-1-3-7/h7H,1-6H2. The van der Waals surface area contributed by atoms with Crippen molar-refractivity contribution in [1.82, 2.24) is 0 Å². The van der Waals surface area contributed by atoms with Gasteiger partial charge in [-0.05, 0) is 5.92 Å². The normalized spacial score (nSPS) is 17.9. The summed E-state index contributed by atoms with van der Waals surface area (Å²) >= 11 is 0. The number of ether oxygens (including phenoxy) is 1. The summed E-state index contributed by atoms with van der Waals surface area (Å²) in [6.07, 6.45) is -0.800. The monoisotopic (exact) mass is 210 g/mol. The maximum atomic E-state index is 11.6. The van der Waals surface area contributed by atoms with Crippen LogP contribution in [0.15, 0.2) is 0 Å². The fraction of sp³-hybridized carbons (Fsp3) is 0.889. The van der Waals surface area contributed by atoms with Gasteiger partial charge < -0.3 is 4.74 Å². The summed E-state index contributed by atoms with van der Waals surface area (Å²) in [7, 11) is 0. The van der Waals surface area contributed by atoms with Crippen LogP contribution in [0, 0.1) is 5.92 Å². The SMILES string of the molecule is O=C(COCC(F)(F)F)CC1CCC1. The molecule has 0 bridgehead atoms. The highest BCUT2D eigenvalue weighted by atomic mass is 19.4. The molecule has 0 saturated heterocycles. The molecule has 5 heteroatoms. The molecule has 0 atom stereocenters. The minimum absolute atomic E-state index is 0.223. The van der Waals surface area contributed by atoms with E-state index in [-0.39, 0.29) is 5.78 Å². The van der Waals surface area contributed by atoms with E-state index in [9.17, 15) is 18.0 Å². The van der Waals surface area contributed by atoms with E-state index in [2.05, 4.69) is 4.74 Å². The molecule has 0 heterocycles. The highest BCUT2D eigenvalue weighted by molar-refractivity contribution is 5.79. The third-order valence-electron chi connectivity index (χ3n) is 2.27. The van der Waals surface area contributed by atoms with Gasteiger partial charge in [0.05, 0.1) is 0 Å². The largest absolute Gasteiger partial charge is 0.411 e. The second-order valence-corrected chi connectivity index (χ2v) is 3.65. The van der Waals surface area contributed by atoms with E-state index in [0.717, 1.165) is 19.3 Å². The molecule has 14 heavy (non-hydrogen) atoms. The van der Waals surface area contributed by atoms with Crippen molar-refractivity contribution in [1.29, 1.82) is 0 Å². The van der Waals surface area contributed by atoms with Gasteiger partial charge in [-0.2, -0.15) is 13.2 Å². The maximum Gasteiger partial charge on any atom is 0.411 e. The summed E-state index contributed by atoms with van der Waals surface area (Å²) in [5.41, 5.74) is 0. The van der Waals surface area contributed by atoms with Crippen molar-refractivity contribution in [2.24, 2.45) is 5.92 Å². The van der Waals surface area contributed by atoms with Crippen molar-refractivity contribution in [3.8, 4) is 0 Å². The first-order chi connectivity index (χ1) is 6.47. The molecule has 0 aromatic rings. The Morgan fingerprint density at radius 2 is 2.00 bits per heavy atom. The lowest BCUT2D eigenvalue weighted by molar-refractivity contribution is -0.175. The second-order valence-electron chi connectivity index (χ2n) is 3.65. The number of ketones is 1. The van der Waals surface area contributed by atoms with Crippen LogP contribution in [-0.4, -0.2) is 25.2 Å². The third-order valence-corrected chi connectivity index (χ3v) is 2.27. The molecule has 1 aliphatic rings. The first-order valence-corrected chi connectivity index (χ1v) is 4.63. The van der Waals surface area contributed by atoms with E-state index in [1.54, 1.807) is 0 Å². The van der Waals surface area contributed by atoms with Crippen molar-refractivity contribution in [3.63, 3.8) is 0 Å². The zero-order chi connectivity index (χ0) is 10.6. The smallest absolute Gasteiger partial charge is 0.364 e. The Kier molecular flexibility index (Phi) is 3.92. The summed E-state index contributed by atoms with van der Waals surface area (Å²) in [6.45, 7) is -1.74. The number of Topliss-reactive ketones (excluding diaryl/α,β-unsaturated/α-hetero) is 1. The van der Waals surface area contributed by atoms with Crippen LogP contribution in [0.3, 0.4) is 0 Å². The maximum absolute atomic E-state index is 11.6. The van der Waals surface area contributed by atoms with E-state index in [4.69, 9.17) is 0 Å². The summed E-state index contributed by atoms with van der Waals surface area (Å²) in [6, 6.07) is 0. The first kappa shape index (κ1) is 11.5. The molecule has 0 radical (unpaired) electrons. The molecule has 1 saturated carbocycles. The Morgan fingerprint density at radius 3 is 2.43 bits per heavy atom. The summed E-state index contributed by atoms with van der Waals surface area (Å²) < 4.78 is 39.1. The zero-order valence-corrected chi connectivity index (χ0v) is 7.77. The molecule has 1 fully saturated rings. The minimum Gasteiger partial charge on any atom is -0.364 e. The lowest BCUT2D eigenvalue weighted by Crippen LogP contribution is -2.23. The van der Waals surface area contributed by atoms with Crippen molar-refractivity contribution in [2.45, 2.75) is 31.9 Å². The molecule has 0 aromatic heterocycles. The van der Waals surface area contributed by atoms with E-state index in [1.807, 2.05) is 0 Å². The lowest BCUT2D eigenvalue weighted by Gasteiger charge is -2.24. The Hall–Kier alpha value is -0.580. The Balaban J connectivity index is 2.03. The van der Waals surface area contributed by atoms with Crippen LogP contribution in [0.1, 0.15) is 25.7 Å². The van der Waals surface area contributed by atoms with Gasteiger partial charge in [0.15, 0.2) is 5.78 Å². The van der Waals surface area contributed by atoms with Crippen LogP contribution in [0.5, 0.6) is 0 Å². The van der Waals surface area contributed by atoms with Crippen LogP contribution >= 0.6 is 0 Å². The Labute approximate surface area is 80.4 Å². The van der Waals surface area contributed by atoms with Gasteiger partial charge in [0, 0.05) is 6.42 Å². The zero-order valence-electron chi connectivity index (χ0n) is 7.77. The van der Waals surface area contributed by atoms with Crippen LogP contribution in [0.25, 0.3) is 0 Å². The van der Waals surface area contributed by atoms with Gasteiger partial charge in [-0.25, -0.2) is 0 Å². The summed E-state index contributed by atoms with van der Waals surface area (Å²) in [4.78, 5) is 11.0. The van der Waals surface area contributed by atoms with Gasteiger partial charge in [0.1, 0.15) is 13.2 Å². The predicted octanol–water partition coefficient (Wildman–Crippen LogP) is 2.32. The third kappa shape index (κ3) is 4.60. The molecule has 0 aliphatic heterocycles. The van der Waals surface area contributed by atoms with Crippen molar-refractivity contribution in [2.75, 3.05) is 13.2 Å². The predicted molar refractivity (Wildman–Crippen MR) is 43.8 cm³/mol. The van der Waals surface area contributed by atoms with E-state index in [1.165, 1.54) is 0 Å². The number of hydrogen-bond acceptors (Lipinski definition) is 2. The molecule has 82 valence electrons. The van der Waals surface area contributed by atoms with Crippen LogP contribution in [0.2, 0.25) is 0 Å². The van der Waals surface area contributed by atoms with Crippen LogP contribution < -0.4 is 0 Å². The number of hydrogen-bond donors (Lipinski definition) is 0. The average molecular weight is 210 g/mol. The second kappa shape index (κ2) is 4.77. The molecule has 2 nitrogen and oxygen atoms in total. The number of rotatable bonds is 5. The Morgan fingerprint density at radius 1 is 1.36 bits per heavy atom. The van der Waals surface area contributed by atoms with Gasteiger partial charge in [-0.3, -0.25) is 4.79 Å². The van der Waals surface area contributed by atoms with Gasteiger partial charge in [-0.15, -0.1) is 0 Å². The number of carbonyl (C=O) groups is 1. The van der Waals surface area contributed by atoms with Gasteiger partial charge in [0.25, 0.3) is 0 Å². The fourth-order valence-corrected chi connectivity index (χ4v) is 1.36.